The molecular weight excluding hydrogens is 366 g/mol. The first-order valence-corrected chi connectivity index (χ1v) is 8.77. The number of carbonyl (C=O) groups is 2. The Labute approximate surface area is 153 Å². The molecule has 2 aromatic carbocycles. The molecule has 0 aliphatic heterocycles. The number of Topliss-reactive ketones (excluding diaryl/α,β-unsaturated/α-hetero) is 1. The van der Waals surface area contributed by atoms with Crippen LogP contribution < -0.4 is 0 Å². The monoisotopic (exact) mass is 379 g/mol. The third-order valence-electron chi connectivity index (χ3n) is 3.39. The number of nitro groups is 1. The van der Waals surface area contributed by atoms with Crippen molar-refractivity contribution in [2.45, 2.75) is 17.9 Å². The fraction of sp³-hybridized carbons (Fsp3) is 0.176. The third kappa shape index (κ3) is 4.58. The number of nitrogens with zero attached hydrogens (tertiary/aromatic N) is 1. The van der Waals surface area contributed by atoms with Gasteiger partial charge in [-0.25, -0.2) is 4.79 Å². The number of halogens is 1. The van der Waals surface area contributed by atoms with Crippen molar-refractivity contribution in [3.8, 4) is 0 Å². The molecule has 0 fully saturated rings. The lowest BCUT2D eigenvalue weighted by Crippen LogP contribution is -2.24. The zero-order valence-electron chi connectivity index (χ0n) is 13.4. The number of carbonyl (C=O) groups excluding carboxylic acids is 2. The molecule has 0 aliphatic carbocycles. The van der Waals surface area contributed by atoms with Crippen molar-refractivity contribution in [1.82, 2.24) is 0 Å². The molecule has 0 heterocycles. The predicted octanol–water partition coefficient (Wildman–Crippen LogP) is 4.40. The molecule has 0 aromatic heterocycles. The summed E-state index contributed by atoms with van der Waals surface area (Å²) in [5, 5.41) is 11.6. The quantitative estimate of drug-likeness (QED) is 0.243. The Hall–Kier alpha value is -2.38. The number of thioether (sulfide) groups is 1. The summed E-state index contributed by atoms with van der Waals surface area (Å²) in [6.07, 6.45) is 0.667. The number of benzene rings is 2. The number of esters is 1. The molecule has 0 radical (unpaired) electrons. The Morgan fingerprint density at radius 1 is 1.16 bits per heavy atom. The average molecular weight is 380 g/mol. The number of ketones is 1. The summed E-state index contributed by atoms with van der Waals surface area (Å²) in [7, 11) is 0. The maximum Gasteiger partial charge on any atom is 0.339 e. The Morgan fingerprint density at radius 2 is 1.76 bits per heavy atom. The van der Waals surface area contributed by atoms with E-state index >= 15 is 0 Å². The van der Waals surface area contributed by atoms with Crippen LogP contribution in [0.3, 0.4) is 0 Å². The van der Waals surface area contributed by atoms with Gasteiger partial charge in [-0.1, -0.05) is 11.6 Å². The van der Waals surface area contributed by atoms with E-state index in [1.54, 1.807) is 18.4 Å². The largest absolute Gasteiger partial charge is 0.451 e. The van der Waals surface area contributed by atoms with Gasteiger partial charge in [0.1, 0.15) is 0 Å². The molecule has 0 unspecified atom stereocenters. The summed E-state index contributed by atoms with van der Waals surface area (Å²) in [5.41, 5.74) is 0.187. The Kier molecular flexibility index (Phi) is 6.17. The molecule has 25 heavy (non-hydrogen) atoms. The smallest absolute Gasteiger partial charge is 0.339 e. The van der Waals surface area contributed by atoms with Gasteiger partial charge in [0, 0.05) is 16.7 Å². The van der Waals surface area contributed by atoms with Crippen LogP contribution in [0.5, 0.6) is 0 Å². The molecule has 0 N–H and O–H groups in total. The molecule has 2 rings (SSSR count). The van der Waals surface area contributed by atoms with E-state index < -0.39 is 17.0 Å². The molecule has 0 aliphatic rings. The second kappa shape index (κ2) is 8.13. The van der Waals surface area contributed by atoms with Crippen molar-refractivity contribution in [3.63, 3.8) is 0 Å². The van der Waals surface area contributed by atoms with Crippen molar-refractivity contribution < 1.29 is 19.2 Å². The minimum Gasteiger partial charge on any atom is -0.451 e. The van der Waals surface area contributed by atoms with E-state index in [1.165, 1.54) is 43.0 Å². The summed E-state index contributed by atoms with van der Waals surface area (Å²) >= 11 is 6.97. The lowest BCUT2D eigenvalue weighted by Gasteiger charge is -2.12. The van der Waals surface area contributed by atoms with E-state index in [-0.39, 0.29) is 17.0 Å². The highest BCUT2D eigenvalue weighted by Gasteiger charge is 2.23. The van der Waals surface area contributed by atoms with Crippen LogP contribution in [0.25, 0.3) is 0 Å². The zero-order chi connectivity index (χ0) is 18.6. The van der Waals surface area contributed by atoms with Crippen LogP contribution in [0.15, 0.2) is 47.4 Å². The summed E-state index contributed by atoms with van der Waals surface area (Å²) < 4.78 is 5.14. The topological polar surface area (TPSA) is 86.5 Å². The van der Waals surface area contributed by atoms with E-state index in [0.29, 0.717) is 15.5 Å². The number of hydrogen-bond donors (Lipinski definition) is 0. The molecule has 0 amide bonds. The fourth-order valence-electron chi connectivity index (χ4n) is 2.09. The number of nitro benzene ring substituents is 1. The Morgan fingerprint density at radius 3 is 2.32 bits per heavy atom. The van der Waals surface area contributed by atoms with Gasteiger partial charge in [0.05, 0.1) is 15.4 Å². The van der Waals surface area contributed by atoms with Crippen LogP contribution >= 0.6 is 23.4 Å². The van der Waals surface area contributed by atoms with Crippen molar-refractivity contribution >= 4 is 40.8 Å². The highest BCUT2D eigenvalue weighted by atomic mass is 35.5. The van der Waals surface area contributed by atoms with E-state index in [4.69, 9.17) is 16.3 Å². The normalized spacial score (nSPS) is 11.6. The van der Waals surface area contributed by atoms with E-state index in [2.05, 4.69) is 0 Å². The summed E-state index contributed by atoms with van der Waals surface area (Å²) in [5.74, 6) is -1.19. The van der Waals surface area contributed by atoms with Crippen LogP contribution in [0.1, 0.15) is 27.6 Å². The molecule has 130 valence electrons. The van der Waals surface area contributed by atoms with Gasteiger partial charge in [0.15, 0.2) is 6.10 Å². The number of hydrogen-bond acceptors (Lipinski definition) is 6. The van der Waals surface area contributed by atoms with Crippen LogP contribution in [0.2, 0.25) is 5.02 Å². The lowest BCUT2D eigenvalue weighted by molar-refractivity contribution is -0.387. The van der Waals surface area contributed by atoms with Crippen LogP contribution in [-0.4, -0.2) is 29.0 Å². The van der Waals surface area contributed by atoms with Crippen LogP contribution in [0, 0.1) is 10.1 Å². The fourth-order valence-corrected chi connectivity index (χ4v) is 2.76. The zero-order valence-corrected chi connectivity index (χ0v) is 15.0. The molecule has 0 saturated carbocycles. The first kappa shape index (κ1) is 19.0. The van der Waals surface area contributed by atoms with Gasteiger partial charge in [0.2, 0.25) is 5.78 Å². The van der Waals surface area contributed by atoms with Gasteiger partial charge in [-0.05, 0) is 49.6 Å². The van der Waals surface area contributed by atoms with Gasteiger partial charge < -0.3 is 4.74 Å². The molecule has 1 atom stereocenters. The molecule has 6 nitrogen and oxygen atoms in total. The van der Waals surface area contributed by atoms with E-state index in [9.17, 15) is 19.7 Å². The van der Waals surface area contributed by atoms with Crippen molar-refractivity contribution in [2.75, 3.05) is 6.26 Å². The van der Waals surface area contributed by atoms with Gasteiger partial charge in [-0.15, -0.1) is 11.8 Å². The van der Waals surface area contributed by atoms with Gasteiger partial charge in [-0.3, -0.25) is 14.9 Å². The molecule has 0 bridgehead atoms. The third-order valence-corrected chi connectivity index (χ3v) is 4.43. The van der Waals surface area contributed by atoms with E-state index in [1.807, 2.05) is 0 Å². The first-order valence-electron chi connectivity index (χ1n) is 7.16. The SMILES string of the molecule is CSc1ccc(C(=O)O[C@@H](C)C(=O)c2ccc(Cl)cc2)cc1[N+](=O)[O-]. The maximum absolute atomic E-state index is 12.3. The Balaban J connectivity index is 2.15. The maximum atomic E-state index is 12.3. The van der Waals surface area contributed by atoms with Crippen molar-refractivity contribution in [2.24, 2.45) is 0 Å². The molecule has 0 spiro atoms. The standard InChI is InChI=1S/C17H14ClNO5S/c1-10(16(20)11-3-6-13(18)7-4-11)24-17(21)12-5-8-15(25-2)14(9-12)19(22)23/h3-10H,1-2H3/t10-/m0/s1. The second-order valence-electron chi connectivity index (χ2n) is 5.06. The summed E-state index contributed by atoms with van der Waals surface area (Å²) in [4.78, 5) is 35.4. The van der Waals surface area contributed by atoms with Crippen molar-refractivity contribution in [3.05, 3.63) is 68.7 Å². The highest BCUT2D eigenvalue weighted by molar-refractivity contribution is 7.98. The van der Waals surface area contributed by atoms with Gasteiger partial charge >= 0.3 is 5.97 Å². The van der Waals surface area contributed by atoms with Crippen LogP contribution in [0.4, 0.5) is 5.69 Å². The predicted molar refractivity (Wildman–Crippen MR) is 95.5 cm³/mol. The van der Waals surface area contributed by atoms with Crippen LogP contribution in [-0.2, 0) is 4.74 Å². The lowest BCUT2D eigenvalue weighted by atomic mass is 10.1. The molecule has 2 aromatic rings. The number of rotatable bonds is 6. The minimum atomic E-state index is -1.03. The minimum absolute atomic E-state index is 0.0141. The highest BCUT2D eigenvalue weighted by Crippen LogP contribution is 2.28. The van der Waals surface area contributed by atoms with Crippen molar-refractivity contribution in [1.29, 1.82) is 0 Å². The summed E-state index contributed by atoms with van der Waals surface area (Å²) in [6.45, 7) is 1.44. The molecule has 8 heteroatoms. The second-order valence-corrected chi connectivity index (χ2v) is 6.35. The molecule has 0 saturated heterocycles. The van der Waals surface area contributed by atoms with Gasteiger partial charge in [0.25, 0.3) is 5.69 Å². The number of ether oxygens (including phenoxy) is 1. The Bertz CT molecular complexity index is 822. The molecular formula is C17H14ClNO5S. The first-order chi connectivity index (χ1) is 11.8. The average Bonchev–Trinajstić information content (AvgIpc) is 2.60. The summed E-state index contributed by atoms with van der Waals surface area (Å²) in [6, 6.07) is 10.3. The van der Waals surface area contributed by atoms with E-state index in [0.717, 1.165) is 6.07 Å². The van der Waals surface area contributed by atoms with Gasteiger partial charge in [-0.2, -0.15) is 0 Å².